The van der Waals surface area contributed by atoms with E-state index in [-0.39, 0.29) is 6.04 Å². The molecule has 0 saturated heterocycles. The van der Waals surface area contributed by atoms with E-state index in [0.717, 1.165) is 33.3 Å². The normalized spacial score (nSPS) is 17.1. The van der Waals surface area contributed by atoms with Crippen LogP contribution in [-0.4, -0.2) is 27.6 Å². The third-order valence-corrected chi connectivity index (χ3v) is 4.96. The maximum Gasteiger partial charge on any atom is 0.408 e. The number of rotatable bonds is 1. The van der Waals surface area contributed by atoms with Crippen molar-refractivity contribution in [2.24, 2.45) is 0 Å². The highest BCUT2D eigenvalue weighted by atomic mass is 35.5. The van der Waals surface area contributed by atoms with E-state index in [1.54, 1.807) is 0 Å². The lowest BCUT2D eigenvalue weighted by Crippen LogP contribution is -2.39. The first kappa shape index (κ1) is 15.1. The standard InChI is InChI=1S/C19H17ClN2O2/c1-11-2-4-12(5-3-11)18-17-14(8-9-22(18)19(23)24)15-10-13(20)6-7-16(15)21-17/h2-7,10,18,21H,8-9H2,1H3,(H,23,24). The van der Waals surface area contributed by atoms with Crippen LogP contribution in [0.2, 0.25) is 5.02 Å². The highest BCUT2D eigenvalue weighted by Gasteiger charge is 2.34. The van der Waals surface area contributed by atoms with E-state index in [1.165, 1.54) is 4.90 Å². The number of halogens is 1. The lowest BCUT2D eigenvalue weighted by molar-refractivity contribution is 0.128. The molecule has 5 heteroatoms. The minimum atomic E-state index is -0.900. The SMILES string of the molecule is Cc1ccc(C2c3[nH]c4ccc(Cl)cc4c3CCN2C(=O)O)cc1. The van der Waals surface area contributed by atoms with Crippen LogP contribution in [0.3, 0.4) is 0 Å². The van der Waals surface area contributed by atoms with Gasteiger partial charge in [0.2, 0.25) is 0 Å². The molecule has 3 aromatic rings. The fourth-order valence-corrected chi connectivity index (χ4v) is 3.73. The quantitative estimate of drug-likeness (QED) is 0.671. The van der Waals surface area contributed by atoms with E-state index in [9.17, 15) is 9.90 Å². The van der Waals surface area contributed by atoms with Crippen LogP contribution < -0.4 is 0 Å². The number of aromatic nitrogens is 1. The number of carboxylic acid groups (broad SMARTS) is 1. The van der Waals surface area contributed by atoms with Gasteiger partial charge < -0.3 is 10.1 Å². The van der Waals surface area contributed by atoms with Crippen molar-refractivity contribution < 1.29 is 9.90 Å². The number of nitrogens with zero attached hydrogens (tertiary/aromatic N) is 1. The molecule has 1 unspecified atom stereocenters. The van der Waals surface area contributed by atoms with Crippen LogP contribution in [0.15, 0.2) is 42.5 Å². The molecule has 1 aliphatic rings. The molecule has 1 aromatic heterocycles. The van der Waals surface area contributed by atoms with Crippen LogP contribution in [0, 0.1) is 6.92 Å². The predicted octanol–water partition coefficient (Wildman–Crippen LogP) is 4.76. The molecule has 24 heavy (non-hydrogen) atoms. The van der Waals surface area contributed by atoms with E-state index in [4.69, 9.17) is 11.6 Å². The van der Waals surface area contributed by atoms with Crippen molar-refractivity contribution in [1.29, 1.82) is 0 Å². The molecule has 2 heterocycles. The Labute approximate surface area is 144 Å². The molecule has 4 rings (SSSR count). The summed E-state index contributed by atoms with van der Waals surface area (Å²) in [5.41, 5.74) is 5.23. The van der Waals surface area contributed by atoms with Crippen molar-refractivity contribution in [2.75, 3.05) is 6.54 Å². The molecule has 1 atom stereocenters. The number of benzene rings is 2. The first-order valence-electron chi connectivity index (χ1n) is 7.91. The van der Waals surface area contributed by atoms with Gasteiger partial charge in [-0.1, -0.05) is 41.4 Å². The largest absolute Gasteiger partial charge is 0.465 e. The molecule has 0 saturated carbocycles. The van der Waals surface area contributed by atoms with E-state index < -0.39 is 6.09 Å². The second kappa shape index (κ2) is 5.56. The number of H-pyrrole nitrogens is 1. The molecule has 2 aromatic carbocycles. The average molecular weight is 341 g/mol. The first-order chi connectivity index (χ1) is 11.5. The zero-order chi connectivity index (χ0) is 16.8. The zero-order valence-electron chi connectivity index (χ0n) is 13.2. The Hall–Kier alpha value is -2.46. The molecule has 0 bridgehead atoms. The number of amides is 1. The Kier molecular flexibility index (Phi) is 3.50. The second-order valence-corrected chi connectivity index (χ2v) is 6.68. The number of hydrogen-bond acceptors (Lipinski definition) is 1. The molecule has 1 aliphatic heterocycles. The molecule has 0 aliphatic carbocycles. The summed E-state index contributed by atoms with van der Waals surface area (Å²) in [5, 5.41) is 11.4. The highest BCUT2D eigenvalue weighted by Crippen LogP contribution is 2.39. The van der Waals surface area contributed by atoms with Crippen molar-refractivity contribution in [3.05, 3.63) is 69.9 Å². The van der Waals surface area contributed by atoms with Gasteiger partial charge in [0.25, 0.3) is 0 Å². The summed E-state index contributed by atoms with van der Waals surface area (Å²) in [6.45, 7) is 2.50. The summed E-state index contributed by atoms with van der Waals surface area (Å²) < 4.78 is 0. The maximum atomic E-state index is 11.8. The maximum absolute atomic E-state index is 11.8. The van der Waals surface area contributed by atoms with Crippen LogP contribution in [0.4, 0.5) is 4.79 Å². The van der Waals surface area contributed by atoms with Gasteiger partial charge in [0.05, 0.1) is 0 Å². The Morgan fingerprint density at radius 1 is 1.25 bits per heavy atom. The van der Waals surface area contributed by atoms with E-state index in [0.29, 0.717) is 18.0 Å². The number of aromatic amines is 1. The second-order valence-electron chi connectivity index (χ2n) is 6.25. The fraction of sp³-hybridized carbons (Fsp3) is 0.211. The monoisotopic (exact) mass is 340 g/mol. The van der Waals surface area contributed by atoms with Crippen molar-refractivity contribution in [3.63, 3.8) is 0 Å². The molecular weight excluding hydrogens is 324 g/mol. The van der Waals surface area contributed by atoms with Crippen LogP contribution >= 0.6 is 11.6 Å². The minimum Gasteiger partial charge on any atom is -0.465 e. The molecule has 122 valence electrons. The van der Waals surface area contributed by atoms with Gasteiger partial charge in [-0.2, -0.15) is 0 Å². The minimum absolute atomic E-state index is 0.321. The summed E-state index contributed by atoms with van der Waals surface area (Å²) in [7, 11) is 0. The van der Waals surface area contributed by atoms with E-state index >= 15 is 0 Å². The molecule has 4 nitrogen and oxygen atoms in total. The Balaban J connectivity index is 1.93. The number of hydrogen-bond donors (Lipinski definition) is 2. The summed E-state index contributed by atoms with van der Waals surface area (Å²) in [6.07, 6.45) is -0.215. The molecular formula is C19H17ClN2O2. The summed E-state index contributed by atoms with van der Waals surface area (Å²) in [4.78, 5) is 16.7. The number of fused-ring (bicyclic) bond motifs is 3. The molecule has 0 fully saturated rings. The van der Waals surface area contributed by atoms with Gasteiger partial charge in [-0.25, -0.2) is 4.79 Å². The summed E-state index contributed by atoms with van der Waals surface area (Å²) in [6, 6.07) is 13.5. The highest BCUT2D eigenvalue weighted by molar-refractivity contribution is 6.31. The van der Waals surface area contributed by atoms with Gasteiger partial charge in [-0.15, -0.1) is 0 Å². The van der Waals surface area contributed by atoms with Gasteiger partial charge in [0.15, 0.2) is 0 Å². The Bertz CT molecular complexity index is 930. The van der Waals surface area contributed by atoms with Crippen molar-refractivity contribution in [2.45, 2.75) is 19.4 Å². The third-order valence-electron chi connectivity index (χ3n) is 4.73. The smallest absolute Gasteiger partial charge is 0.408 e. The predicted molar refractivity (Wildman–Crippen MR) is 94.8 cm³/mol. The molecule has 1 amide bonds. The summed E-state index contributed by atoms with van der Waals surface area (Å²) in [5.74, 6) is 0. The van der Waals surface area contributed by atoms with Crippen LogP contribution in [0.1, 0.15) is 28.4 Å². The number of carbonyl (C=O) groups is 1. The fourth-order valence-electron chi connectivity index (χ4n) is 3.56. The lowest BCUT2D eigenvalue weighted by atomic mass is 9.92. The van der Waals surface area contributed by atoms with Crippen molar-refractivity contribution in [1.82, 2.24) is 9.88 Å². The topological polar surface area (TPSA) is 56.3 Å². The van der Waals surface area contributed by atoms with Crippen molar-refractivity contribution >= 4 is 28.6 Å². The van der Waals surface area contributed by atoms with Gasteiger partial charge in [0, 0.05) is 28.2 Å². The van der Waals surface area contributed by atoms with E-state index in [2.05, 4.69) is 4.98 Å². The van der Waals surface area contributed by atoms with Crippen LogP contribution in [0.5, 0.6) is 0 Å². The zero-order valence-corrected chi connectivity index (χ0v) is 14.0. The van der Waals surface area contributed by atoms with Crippen LogP contribution in [0.25, 0.3) is 10.9 Å². The van der Waals surface area contributed by atoms with E-state index in [1.807, 2.05) is 49.4 Å². The Morgan fingerprint density at radius 3 is 2.71 bits per heavy atom. The number of nitrogens with one attached hydrogen (secondary N) is 1. The first-order valence-corrected chi connectivity index (χ1v) is 8.28. The van der Waals surface area contributed by atoms with Gasteiger partial charge in [0.1, 0.15) is 6.04 Å². The average Bonchev–Trinajstić information content (AvgIpc) is 2.92. The molecule has 0 radical (unpaired) electrons. The molecule has 2 N–H and O–H groups in total. The Morgan fingerprint density at radius 2 is 2.00 bits per heavy atom. The van der Waals surface area contributed by atoms with Gasteiger partial charge in [-0.3, -0.25) is 4.90 Å². The van der Waals surface area contributed by atoms with Crippen molar-refractivity contribution in [3.8, 4) is 0 Å². The molecule has 0 spiro atoms. The van der Waals surface area contributed by atoms with Gasteiger partial charge >= 0.3 is 6.09 Å². The lowest BCUT2D eigenvalue weighted by Gasteiger charge is -2.34. The van der Waals surface area contributed by atoms with Gasteiger partial charge in [-0.05, 0) is 42.7 Å². The number of aryl methyl sites for hydroxylation is 1. The summed E-state index contributed by atoms with van der Waals surface area (Å²) >= 11 is 6.15. The van der Waals surface area contributed by atoms with Crippen LogP contribution in [-0.2, 0) is 6.42 Å². The third kappa shape index (κ3) is 2.34.